The molecule has 1 rings (SSSR count). The van der Waals surface area contributed by atoms with Gasteiger partial charge in [-0.05, 0) is 0 Å². The van der Waals surface area contributed by atoms with Crippen molar-refractivity contribution >= 4 is 37.0 Å². The van der Waals surface area contributed by atoms with E-state index in [4.69, 9.17) is 5.11 Å². The number of tetrazole rings is 1. The number of nitrogens with zero attached hydrogens (tertiary/aromatic N) is 4. The Bertz CT molecular complexity index is 246. The van der Waals surface area contributed by atoms with Gasteiger partial charge in [-0.15, -0.1) is 0 Å². The molecule has 1 N–H and O–H groups in total. The third-order valence-electron chi connectivity index (χ3n) is 0.996. The molecule has 0 aromatic carbocycles. The van der Waals surface area contributed by atoms with Crippen molar-refractivity contribution in [1.82, 2.24) is 20.2 Å². The van der Waals surface area contributed by atoms with Gasteiger partial charge in [0.25, 0.3) is 0 Å². The Hall–Kier alpha value is -0.460. The maximum atomic E-state index is 10.1. The SMILES string of the molecule is O=C(O)Cn1nnn[c]1[Na]. The number of carboxylic acid groups (broad SMARTS) is 1. The van der Waals surface area contributed by atoms with E-state index in [2.05, 4.69) is 15.5 Å². The van der Waals surface area contributed by atoms with Crippen molar-refractivity contribution in [2.75, 3.05) is 0 Å². The molecular weight excluding hydrogens is 147 g/mol. The van der Waals surface area contributed by atoms with Gasteiger partial charge in [-0.25, -0.2) is 0 Å². The summed E-state index contributed by atoms with van der Waals surface area (Å²) in [6.45, 7) is -0.147. The maximum absolute atomic E-state index is 10.1. The van der Waals surface area contributed by atoms with Crippen LogP contribution in [0.15, 0.2) is 0 Å². The van der Waals surface area contributed by atoms with E-state index in [1.807, 2.05) is 0 Å². The summed E-state index contributed by atoms with van der Waals surface area (Å²) in [5, 5.41) is 18.7. The van der Waals surface area contributed by atoms with Crippen LogP contribution in [0.25, 0.3) is 0 Å². The van der Waals surface area contributed by atoms with Crippen molar-refractivity contribution in [3.05, 3.63) is 0 Å². The van der Waals surface area contributed by atoms with E-state index in [-0.39, 0.29) is 6.54 Å². The van der Waals surface area contributed by atoms with E-state index in [0.29, 0.717) is 31.0 Å². The minimum absolute atomic E-state index is 0.147. The molecule has 7 heteroatoms. The minimum atomic E-state index is -0.926. The normalized spacial score (nSPS) is 9.80. The van der Waals surface area contributed by atoms with Crippen LogP contribution >= 0.6 is 0 Å². The topological polar surface area (TPSA) is 80.9 Å². The van der Waals surface area contributed by atoms with Crippen LogP contribution in [-0.4, -0.2) is 59.2 Å². The zero-order valence-electron chi connectivity index (χ0n) is 5.35. The van der Waals surface area contributed by atoms with Crippen LogP contribution in [0.4, 0.5) is 0 Å². The summed E-state index contributed by atoms with van der Waals surface area (Å²) in [4.78, 5) is 10.1. The van der Waals surface area contributed by atoms with Crippen LogP contribution in [0.2, 0.25) is 0 Å². The number of aromatic nitrogens is 4. The molecule has 0 fully saturated rings. The van der Waals surface area contributed by atoms with Crippen molar-refractivity contribution in [1.29, 1.82) is 0 Å². The summed E-state index contributed by atoms with van der Waals surface area (Å²) in [7, 11) is 0. The fourth-order valence-corrected chi connectivity index (χ4v) is 0.861. The third-order valence-corrected chi connectivity index (χ3v) is 1.71. The summed E-state index contributed by atoms with van der Waals surface area (Å²) >= 11 is 0.667. The van der Waals surface area contributed by atoms with Crippen molar-refractivity contribution in [2.24, 2.45) is 0 Å². The van der Waals surface area contributed by atoms with Gasteiger partial charge in [0.2, 0.25) is 0 Å². The molecule has 48 valence electrons. The molecule has 0 radical (unpaired) electrons. The van der Waals surface area contributed by atoms with Gasteiger partial charge < -0.3 is 0 Å². The van der Waals surface area contributed by atoms with Gasteiger partial charge in [0.1, 0.15) is 0 Å². The van der Waals surface area contributed by atoms with E-state index in [1.54, 1.807) is 0 Å². The van der Waals surface area contributed by atoms with E-state index in [9.17, 15) is 4.79 Å². The van der Waals surface area contributed by atoms with Crippen molar-refractivity contribution < 1.29 is 9.90 Å². The number of carboxylic acids is 1. The predicted octanol–water partition coefficient (Wildman–Crippen LogP) is -2.45. The van der Waals surface area contributed by atoms with Gasteiger partial charge in [-0.2, -0.15) is 0 Å². The second kappa shape index (κ2) is 3.09. The Morgan fingerprint density at radius 3 is 2.90 bits per heavy atom. The van der Waals surface area contributed by atoms with Gasteiger partial charge in [-0.3, -0.25) is 0 Å². The Morgan fingerprint density at radius 2 is 2.50 bits per heavy atom. The molecule has 1 heterocycles. The standard InChI is InChI=1S/C3H3N4O2.Na/c8-3(9)1-7-2-4-5-6-7;/h1H2,(H,8,9);. The average molecular weight is 150 g/mol. The molecule has 0 aliphatic carbocycles. The van der Waals surface area contributed by atoms with Gasteiger partial charge in [0.05, 0.1) is 0 Å². The molecule has 0 aliphatic heterocycles. The number of hydrogen-bond donors (Lipinski definition) is 1. The Morgan fingerprint density at radius 1 is 1.80 bits per heavy atom. The Kier molecular flexibility index (Phi) is 2.36. The Balaban J connectivity index is 2.74. The van der Waals surface area contributed by atoms with Crippen LogP contribution in [0.3, 0.4) is 0 Å². The quantitative estimate of drug-likeness (QED) is 0.473. The van der Waals surface area contributed by atoms with Crippen LogP contribution in [0, 0.1) is 0 Å². The Labute approximate surface area is 73.6 Å². The summed E-state index contributed by atoms with van der Waals surface area (Å²) in [6, 6.07) is 0. The zero-order chi connectivity index (χ0) is 7.56. The average Bonchev–Trinajstić information content (AvgIpc) is 2.15. The summed E-state index contributed by atoms with van der Waals surface area (Å²) in [6.07, 6.45) is 0. The van der Waals surface area contributed by atoms with E-state index < -0.39 is 5.97 Å². The van der Waals surface area contributed by atoms with Gasteiger partial charge in [0, 0.05) is 0 Å². The molecule has 0 unspecified atom stereocenters. The fraction of sp³-hybridized carbons (Fsp3) is 0.333. The van der Waals surface area contributed by atoms with Crippen molar-refractivity contribution in [3.63, 3.8) is 0 Å². The first-order chi connectivity index (χ1) is 4.70. The molecule has 0 bridgehead atoms. The molecule has 6 nitrogen and oxygen atoms in total. The van der Waals surface area contributed by atoms with Crippen LogP contribution in [0.1, 0.15) is 0 Å². The van der Waals surface area contributed by atoms with Crippen LogP contribution < -0.4 is 3.07 Å². The van der Waals surface area contributed by atoms with Gasteiger partial charge >= 0.3 is 73.6 Å². The number of carbonyl (C=O) groups is 1. The molecule has 0 spiro atoms. The number of aliphatic carboxylic acids is 1. The number of rotatable bonds is 2. The monoisotopic (exact) mass is 150 g/mol. The van der Waals surface area contributed by atoms with Crippen LogP contribution in [0.5, 0.6) is 0 Å². The molecule has 0 atom stereocenters. The second-order valence-corrected chi connectivity index (χ2v) is 2.67. The van der Waals surface area contributed by atoms with Gasteiger partial charge in [0.15, 0.2) is 0 Å². The van der Waals surface area contributed by atoms with E-state index in [1.165, 1.54) is 4.68 Å². The number of hydrogen-bond acceptors (Lipinski definition) is 4. The molecule has 0 amide bonds. The van der Waals surface area contributed by atoms with Gasteiger partial charge in [-0.1, -0.05) is 0 Å². The molecular formula is C3H3N4NaO2. The molecule has 0 saturated heterocycles. The first-order valence-corrected chi connectivity index (χ1v) is 3.64. The fourth-order valence-electron chi connectivity index (χ4n) is 0.524. The summed E-state index contributed by atoms with van der Waals surface area (Å²) in [5.41, 5.74) is 0. The molecule has 1 aromatic rings. The molecule has 0 saturated carbocycles. The van der Waals surface area contributed by atoms with E-state index in [0.717, 1.165) is 0 Å². The second-order valence-electron chi connectivity index (χ2n) is 1.78. The van der Waals surface area contributed by atoms with E-state index >= 15 is 0 Å². The first-order valence-electron chi connectivity index (χ1n) is 2.64. The zero-order valence-corrected chi connectivity index (χ0v) is 7.35. The molecule has 10 heavy (non-hydrogen) atoms. The molecule has 0 aliphatic rings. The predicted molar refractivity (Wildman–Crippen MR) is 30.8 cm³/mol. The third kappa shape index (κ3) is 1.76. The molecule has 1 aromatic heterocycles. The van der Waals surface area contributed by atoms with Crippen molar-refractivity contribution in [2.45, 2.75) is 6.54 Å². The van der Waals surface area contributed by atoms with Crippen LogP contribution in [-0.2, 0) is 11.3 Å². The first kappa shape index (κ1) is 7.64. The summed E-state index contributed by atoms with van der Waals surface area (Å²) < 4.78 is 1.91. The summed E-state index contributed by atoms with van der Waals surface area (Å²) in [5.74, 6) is -0.926. The van der Waals surface area contributed by atoms with Crippen molar-refractivity contribution in [3.8, 4) is 0 Å².